The van der Waals surface area contributed by atoms with Gasteiger partial charge in [0.1, 0.15) is 17.4 Å². The van der Waals surface area contributed by atoms with Crippen molar-refractivity contribution in [3.63, 3.8) is 0 Å². The number of aromatic nitrogens is 1. The smallest absolute Gasteiger partial charge is 0.407 e. The average Bonchev–Trinajstić information content (AvgIpc) is 3.71. The van der Waals surface area contributed by atoms with Crippen LogP contribution in [0.1, 0.15) is 71.2 Å². The predicted molar refractivity (Wildman–Crippen MR) is 225 cm³/mol. The van der Waals surface area contributed by atoms with Crippen LogP contribution < -0.4 is 16.0 Å². The summed E-state index contributed by atoms with van der Waals surface area (Å²) in [5, 5.41) is 33.2. The minimum absolute atomic E-state index is 0.00442. The van der Waals surface area contributed by atoms with Gasteiger partial charge in [-0.3, -0.25) is 9.59 Å². The molecule has 324 valence electrons. The van der Waals surface area contributed by atoms with E-state index in [1.807, 2.05) is 70.3 Å². The molecule has 0 radical (unpaired) electrons. The molecule has 1 aromatic heterocycles. The molecule has 2 heterocycles. The Kier molecular flexibility index (Phi) is 16.3. The summed E-state index contributed by atoms with van der Waals surface area (Å²) in [6.45, 7) is 14.9. The molecule has 1 fully saturated rings. The number of thiazole rings is 1. The van der Waals surface area contributed by atoms with Crippen LogP contribution in [0.3, 0.4) is 0 Å². The minimum Gasteiger partial charge on any atom is -0.506 e. The number of benzene rings is 2. The van der Waals surface area contributed by atoms with Gasteiger partial charge in [0.05, 0.1) is 40.0 Å². The number of hydrogen-bond acceptors (Lipinski definition) is 11. The lowest BCUT2D eigenvalue weighted by molar-refractivity contribution is -0.128. The van der Waals surface area contributed by atoms with E-state index in [9.17, 15) is 37.8 Å². The minimum atomic E-state index is -4.37. The third kappa shape index (κ3) is 13.6. The number of rotatable bonds is 19. The molecule has 3 atom stereocenters. The van der Waals surface area contributed by atoms with Gasteiger partial charge in [-0.05, 0) is 69.7 Å². The van der Waals surface area contributed by atoms with Crippen molar-refractivity contribution in [2.24, 2.45) is 11.8 Å². The number of aromatic hydroxyl groups is 1. The quantitative estimate of drug-likeness (QED) is 0.105. The molecule has 3 aromatic rings. The lowest BCUT2D eigenvalue weighted by Gasteiger charge is -2.34. The number of phenols is 1. The Hall–Kier alpha value is -4.78. The molecular formula is C41H59N7O9S2. The zero-order chi connectivity index (χ0) is 43.7. The molecule has 0 unspecified atom stereocenters. The van der Waals surface area contributed by atoms with E-state index in [1.54, 1.807) is 30.6 Å². The first-order valence-corrected chi connectivity index (χ1v) is 22.0. The van der Waals surface area contributed by atoms with E-state index in [-0.39, 0.29) is 60.1 Å². The van der Waals surface area contributed by atoms with Crippen LogP contribution in [-0.2, 0) is 37.3 Å². The van der Waals surface area contributed by atoms with Crippen LogP contribution in [0.5, 0.6) is 5.75 Å². The van der Waals surface area contributed by atoms with Crippen LogP contribution in [0.4, 0.5) is 15.3 Å². The molecule has 1 saturated heterocycles. The molecule has 2 aromatic carbocycles. The van der Waals surface area contributed by atoms with Crippen LogP contribution in [0.25, 0.3) is 0 Å². The van der Waals surface area contributed by atoms with Gasteiger partial charge in [-0.15, -0.1) is 11.3 Å². The topological polar surface area (TPSA) is 211 Å². The number of aliphatic hydroxyl groups excluding tert-OH is 1. The van der Waals surface area contributed by atoms with Crippen LogP contribution in [0, 0.1) is 18.8 Å². The summed E-state index contributed by atoms with van der Waals surface area (Å²) in [6.07, 6.45) is -2.14. The van der Waals surface area contributed by atoms with Crippen molar-refractivity contribution in [3.8, 4) is 5.75 Å². The number of carbonyl (C=O) groups is 4. The van der Waals surface area contributed by atoms with Gasteiger partial charge in [0.15, 0.2) is 0 Å². The molecular weight excluding hydrogens is 799 g/mol. The number of amides is 5. The Labute approximate surface area is 351 Å². The van der Waals surface area contributed by atoms with Crippen molar-refractivity contribution in [3.05, 3.63) is 70.2 Å². The van der Waals surface area contributed by atoms with Crippen molar-refractivity contribution in [2.75, 3.05) is 38.0 Å². The number of hydrogen-bond donors (Lipinski definition) is 5. The number of nitrogens with zero attached hydrogens (tertiary/aromatic N) is 4. The zero-order valence-corrected chi connectivity index (χ0v) is 36.7. The maximum atomic E-state index is 14.3. The third-order valence-electron chi connectivity index (χ3n) is 9.33. The molecule has 0 bridgehead atoms. The number of sulfonamides is 1. The highest BCUT2D eigenvalue weighted by molar-refractivity contribution is 7.89. The van der Waals surface area contributed by atoms with Crippen LogP contribution in [0.15, 0.2) is 58.8 Å². The van der Waals surface area contributed by atoms with Gasteiger partial charge in [0, 0.05) is 44.5 Å². The van der Waals surface area contributed by atoms with E-state index in [1.165, 1.54) is 17.4 Å². The van der Waals surface area contributed by atoms with Gasteiger partial charge < -0.3 is 40.7 Å². The molecule has 1 aliphatic rings. The first-order valence-electron chi connectivity index (χ1n) is 19.7. The highest BCUT2D eigenvalue weighted by Crippen LogP contribution is 2.29. The average molecular weight is 858 g/mol. The lowest BCUT2D eigenvalue weighted by atomic mass is 9.97. The normalized spacial score (nSPS) is 15.1. The van der Waals surface area contributed by atoms with Crippen molar-refractivity contribution >= 4 is 51.0 Å². The molecule has 5 amide bonds. The summed E-state index contributed by atoms with van der Waals surface area (Å²) in [4.78, 5) is 60.0. The van der Waals surface area contributed by atoms with Crippen molar-refractivity contribution in [1.82, 2.24) is 29.7 Å². The number of carbonyl (C=O) groups excluding carboxylic acids is 4. The van der Waals surface area contributed by atoms with E-state index >= 15 is 0 Å². The number of aryl methyl sites for hydroxylation is 1. The molecule has 18 heteroatoms. The lowest BCUT2D eigenvalue weighted by Crippen LogP contribution is -2.57. The molecule has 16 nitrogen and oxygen atoms in total. The SMILES string of the molecule is Cc1nc(CN2CCN([C@H](C(=O)N[C@@H](Cc3ccccc3)[C@H](O)CN(CC(C)C)S(=O)(=O)c3ccc(O)c(NC(=O)CCNC(=O)OC(C)(C)C)c3)C(C)C)C2=O)cs1. The summed E-state index contributed by atoms with van der Waals surface area (Å²) < 4.78 is 34.9. The van der Waals surface area contributed by atoms with E-state index in [4.69, 9.17) is 4.74 Å². The summed E-state index contributed by atoms with van der Waals surface area (Å²) in [5.41, 5.74) is 0.678. The number of alkyl carbamates (subject to hydrolysis) is 1. The second-order valence-corrected chi connectivity index (χ2v) is 19.4. The predicted octanol–water partition coefficient (Wildman–Crippen LogP) is 4.71. The highest BCUT2D eigenvalue weighted by atomic mass is 32.2. The Morgan fingerprint density at radius 3 is 2.34 bits per heavy atom. The fourth-order valence-corrected chi connectivity index (χ4v) is 8.90. The van der Waals surface area contributed by atoms with Crippen LogP contribution >= 0.6 is 11.3 Å². The fraction of sp³-hybridized carbons (Fsp3) is 0.537. The molecule has 0 aliphatic carbocycles. The van der Waals surface area contributed by atoms with E-state index in [0.717, 1.165) is 32.7 Å². The number of ether oxygens (including phenoxy) is 1. The van der Waals surface area contributed by atoms with Crippen LogP contribution in [0.2, 0.25) is 0 Å². The molecule has 5 N–H and O–H groups in total. The monoisotopic (exact) mass is 857 g/mol. The number of aliphatic hydroxyl groups is 1. The molecule has 0 saturated carbocycles. The van der Waals surface area contributed by atoms with E-state index < -0.39 is 58.3 Å². The van der Waals surface area contributed by atoms with Crippen LogP contribution in [-0.4, -0.2) is 118 Å². The number of urea groups is 1. The van der Waals surface area contributed by atoms with Gasteiger partial charge in [-0.1, -0.05) is 58.0 Å². The molecule has 1 aliphatic heterocycles. The summed E-state index contributed by atoms with van der Waals surface area (Å²) in [6, 6.07) is 10.5. The van der Waals surface area contributed by atoms with Crippen molar-refractivity contribution in [2.45, 2.75) is 103 Å². The standard InChI is InChI=1S/C41H59N7O9S2/c1-26(2)22-47(59(55,56)31-14-15-34(49)33(21-31)44-36(51)16-17-42-39(53)57-41(6,7)8)24-35(50)32(20-29-12-10-9-11-13-29)45-38(52)37(27(3)4)48-19-18-46(40(48)54)23-30-25-58-28(5)43-30/h9-15,21,25-27,32,35,37,49-50H,16-20,22-24H2,1-8H3,(H,42,53)(H,44,51)(H,45,52)/t32-,35+,37-/m0/s1. The maximum absolute atomic E-state index is 14.3. The number of nitrogens with one attached hydrogen (secondary N) is 3. The first-order chi connectivity index (χ1) is 27.6. The van der Waals surface area contributed by atoms with Gasteiger partial charge in [-0.2, -0.15) is 4.31 Å². The van der Waals surface area contributed by atoms with Crippen molar-refractivity contribution < 1.29 is 42.5 Å². The fourth-order valence-electron chi connectivity index (χ4n) is 6.65. The third-order valence-corrected chi connectivity index (χ3v) is 12.0. The summed E-state index contributed by atoms with van der Waals surface area (Å²) in [7, 11) is -4.37. The second kappa shape index (κ2) is 20.5. The molecule has 0 spiro atoms. The van der Waals surface area contributed by atoms with Gasteiger partial charge in [-0.25, -0.2) is 23.0 Å². The number of anilines is 1. The maximum Gasteiger partial charge on any atom is 0.407 e. The molecule has 4 rings (SSSR count). The van der Waals surface area contributed by atoms with Crippen molar-refractivity contribution in [1.29, 1.82) is 0 Å². The highest BCUT2D eigenvalue weighted by Gasteiger charge is 2.41. The number of phenolic OH excluding ortho intramolecular Hbond substituents is 1. The zero-order valence-electron chi connectivity index (χ0n) is 35.1. The summed E-state index contributed by atoms with van der Waals surface area (Å²) in [5.74, 6) is -1.93. The van der Waals surface area contributed by atoms with Gasteiger partial charge >= 0.3 is 12.1 Å². The summed E-state index contributed by atoms with van der Waals surface area (Å²) >= 11 is 1.50. The Morgan fingerprint density at radius 2 is 1.73 bits per heavy atom. The van der Waals surface area contributed by atoms with E-state index in [2.05, 4.69) is 20.9 Å². The Bertz CT molecular complexity index is 2020. The largest absolute Gasteiger partial charge is 0.506 e. The Morgan fingerprint density at radius 1 is 1.03 bits per heavy atom. The van der Waals surface area contributed by atoms with Gasteiger partial charge in [0.25, 0.3) is 0 Å². The Balaban J connectivity index is 1.53. The second-order valence-electron chi connectivity index (χ2n) is 16.4. The van der Waals surface area contributed by atoms with E-state index in [0.29, 0.717) is 19.6 Å². The first kappa shape index (κ1) is 46.9. The van der Waals surface area contributed by atoms with Gasteiger partial charge in [0.2, 0.25) is 21.8 Å². The molecule has 59 heavy (non-hydrogen) atoms.